The van der Waals surface area contributed by atoms with Crippen molar-refractivity contribution in [2.24, 2.45) is 5.92 Å². The summed E-state index contributed by atoms with van der Waals surface area (Å²) in [6.45, 7) is 5.11. The number of rotatable bonds is 9. The molecule has 10 heteroatoms. The average molecular weight is 511 g/mol. The van der Waals surface area contributed by atoms with Crippen LogP contribution in [0.2, 0.25) is 0 Å². The third-order valence-corrected chi connectivity index (χ3v) is 6.76. The van der Waals surface area contributed by atoms with E-state index in [0.29, 0.717) is 39.0 Å². The lowest BCUT2D eigenvalue weighted by Gasteiger charge is -2.28. The van der Waals surface area contributed by atoms with Crippen molar-refractivity contribution in [3.63, 3.8) is 0 Å². The molecule has 1 aliphatic rings. The summed E-state index contributed by atoms with van der Waals surface area (Å²) < 4.78 is 28.0. The maximum atomic E-state index is 14.0. The fraction of sp³-hybridized carbons (Fsp3) is 0.407. The van der Waals surface area contributed by atoms with Gasteiger partial charge < -0.3 is 15.1 Å². The van der Waals surface area contributed by atoms with Crippen LogP contribution in [0.3, 0.4) is 0 Å². The highest BCUT2D eigenvalue weighted by atomic mass is 19.1. The number of urea groups is 1. The van der Waals surface area contributed by atoms with Crippen LogP contribution < -0.4 is 5.32 Å². The van der Waals surface area contributed by atoms with Gasteiger partial charge in [0.1, 0.15) is 17.4 Å². The molecule has 2 aromatic heterocycles. The first kappa shape index (κ1) is 26.4. The summed E-state index contributed by atoms with van der Waals surface area (Å²) in [6, 6.07) is 7.44. The highest BCUT2D eigenvalue weighted by molar-refractivity contribution is 5.79. The first-order chi connectivity index (χ1) is 17.7. The number of amides is 2. The third kappa shape index (κ3) is 6.37. The predicted octanol–water partition coefficient (Wildman–Crippen LogP) is 3.85. The van der Waals surface area contributed by atoms with Crippen LogP contribution in [0.15, 0.2) is 36.5 Å². The van der Waals surface area contributed by atoms with Crippen LogP contribution in [0.5, 0.6) is 0 Å². The summed E-state index contributed by atoms with van der Waals surface area (Å²) in [7, 11) is 1.72. The van der Waals surface area contributed by atoms with Crippen molar-refractivity contribution < 1.29 is 18.4 Å². The average Bonchev–Trinajstić information content (AvgIpc) is 3.29. The van der Waals surface area contributed by atoms with Crippen LogP contribution in [-0.4, -0.2) is 63.5 Å². The second-order valence-electron chi connectivity index (χ2n) is 9.61. The number of hydrogen-bond donors (Lipinski definition) is 2. The molecule has 196 valence electrons. The fourth-order valence-electron chi connectivity index (χ4n) is 4.68. The number of aromatic amines is 1. The third-order valence-electron chi connectivity index (χ3n) is 6.76. The first-order valence-corrected chi connectivity index (χ1v) is 12.4. The van der Waals surface area contributed by atoms with Crippen LogP contribution in [0.4, 0.5) is 13.6 Å². The molecular formula is C27H32F2N6O2. The van der Waals surface area contributed by atoms with Gasteiger partial charge in [-0.2, -0.15) is 5.10 Å². The van der Waals surface area contributed by atoms with E-state index in [9.17, 15) is 18.4 Å². The van der Waals surface area contributed by atoms with Gasteiger partial charge in [0.25, 0.3) is 0 Å². The van der Waals surface area contributed by atoms with Crippen LogP contribution >= 0.6 is 0 Å². The molecule has 4 rings (SSSR count). The Bertz CT molecular complexity index is 1260. The first-order valence-electron chi connectivity index (χ1n) is 12.4. The number of carbonyl (C=O) groups excluding carboxylic acids is 2. The molecule has 1 atom stereocenters. The lowest BCUT2D eigenvalue weighted by atomic mass is 10.00. The van der Waals surface area contributed by atoms with E-state index in [1.54, 1.807) is 23.0 Å². The lowest BCUT2D eigenvalue weighted by Crippen LogP contribution is -2.43. The Morgan fingerprint density at radius 2 is 2.00 bits per heavy atom. The Hall–Kier alpha value is -3.66. The van der Waals surface area contributed by atoms with E-state index in [0.717, 1.165) is 28.2 Å². The van der Waals surface area contributed by atoms with Gasteiger partial charge in [-0.25, -0.2) is 13.6 Å². The Balaban J connectivity index is 1.31. The van der Waals surface area contributed by atoms with E-state index in [1.165, 1.54) is 25.1 Å². The Labute approximate surface area is 215 Å². The number of aryl methyl sites for hydroxylation is 1. The zero-order chi connectivity index (χ0) is 26.5. The number of ketones is 1. The number of fused-ring (bicyclic) bond motifs is 1. The van der Waals surface area contributed by atoms with Gasteiger partial charge in [0.15, 0.2) is 0 Å². The van der Waals surface area contributed by atoms with E-state index in [1.807, 2.05) is 19.1 Å². The molecule has 1 aromatic carbocycles. The van der Waals surface area contributed by atoms with Crippen LogP contribution in [0, 0.1) is 24.5 Å². The number of Topliss-reactive ketones (excluding diaryl/α,β-unsaturated/α-hetero) is 1. The number of pyridine rings is 1. The standard InChI is InChI=1S/C27H32F2N6O2/c1-17-13-19(7-10-30-17)26-22-16-35(12-9-25(22)32-33-26)27(37)31-11-8-20(18(2)36)14-34(3)15-21-23(28)5-4-6-24(21)29/h4-7,10,13,20H,8-9,11-12,14-16H2,1-3H3,(H,31,37)(H,32,33). The maximum Gasteiger partial charge on any atom is 0.317 e. The number of benzene rings is 1. The van der Waals surface area contributed by atoms with Crippen molar-refractivity contribution in [2.75, 3.05) is 26.7 Å². The Morgan fingerprint density at radius 1 is 1.24 bits per heavy atom. The minimum absolute atomic E-state index is 0.0226. The molecule has 8 nitrogen and oxygen atoms in total. The smallest absolute Gasteiger partial charge is 0.317 e. The highest BCUT2D eigenvalue weighted by Gasteiger charge is 2.26. The van der Waals surface area contributed by atoms with Gasteiger partial charge in [-0.3, -0.25) is 14.9 Å². The van der Waals surface area contributed by atoms with Gasteiger partial charge in [0.2, 0.25) is 0 Å². The van der Waals surface area contributed by atoms with Gasteiger partial charge >= 0.3 is 6.03 Å². The van der Waals surface area contributed by atoms with E-state index < -0.39 is 11.6 Å². The molecule has 0 fully saturated rings. The van der Waals surface area contributed by atoms with Gasteiger partial charge in [0.05, 0.1) is 12.2 Å². The van der Waals surface area contributed by atoms with E-state index >= 15 is 0 Å². The zero-order valence-corrected chi connectivity index (χ0v) is 21.4. The molecule has 3 heterocycles. The van der Waals surface area contributed by atoms with Crippen molar-refractivity contribution in [2.45, 2.75) is 39.8 Å². The quantitative estimate of drug-likeness (QED) is 0.456. The van der Waals surface area contributed by atoms with Crippen molar-refractivity contribution in [3.05, 3.63) is 70.7 Å². The molecule has 0 spiro atoms. The van der Waals surface area contributed by atoms with Crippen LogP contribution in [-0.2, 0) is 24.3 Å². The molecule has 0 radical (unpaired) electrons. The molecule has 0 aliphatic carbocycles. The molecule has 0 saturated carbocycles. The van der Waals surface area contributed by atoms with Crippen molar-refractivity contribution >= 4 is 11.8 Å². The molecule has 2 N–H and O–H groups in total. The summed E-state index contributed by atoms with van der Waals surface area (Å²) in [5.74, 6) is -1.62. The van der Waals surface area contributed by atoms with Gasteiger partial charge in [-0.1, -0.05) is 6.07 Å². The number of nitrogens with one attached hydrogen (secondary N) is 2. The highest BCUT2D eigenvalue weighted by Crippen LogP contribution is 2.28. The molecule has 3 aromatic rings. The van der Waals surface area contributed by atoms with Gasteiger partial charge in [-0.05, 0) is 51.6 Å². The SMILES string of the molecule is CC(=O)C(CCNC(=O)N1CCc2[nH]nc(-c3ccnc(C)c3)c2C1)CN(C)Cc1c(F)cccc1F. The lowest BCUT2D eigenvalue weighted by molar-refractivity contribution is -0.121. The summed E-state index contributed by atoms with van der Waals surface area (Å²) in [4.78, 5) is 32.9. The Morgan fingerprint density at radius 3 is 2.70 bits per heavy atom. The number of carbonyl (C=O) groups is 2. The zero-order valence-electron chi connectivity index (χ0n) is 21.4. The van der Waals surface area contributed by atoms with Crippen molar-refractivity contribution in [3.8, 4) is 11.3 Å². The molecule has 1 unspecified atom stereocenters. The topological polar surface area (TPSA) is 94.2 Å². The molecule has 37 heavy (non-hydrogen) atoms. The fourth-order valence-corrected chi connectivity index (χ4v) is 4.68. The number of H-pyrrole nitrogens is 1. The minimum atomic E-state index is -0.608. The second kappa shape index (κ2) is 11.6. The Kier molecular flexibility index (Phi) is 8.27. The summed E-state index contributed by atoms with van der Waals surface area (Å²) in [5, 5.41) is 10.5. The van der Waals surface area contributed by atoms with E-state index in [-0.39, 0.29) is 29.8 Å². The number of aromatic nitrogens is 3. The second-order valence-corrected chi connectivity index (χ2v) is 9.61. The normalized spacial score (nSPS) is 13.9. The van der Waals surface area contributed by atoms with E-state index in [4.69, 9.17) is 0 Å². The van der Waals surface area contributed by atoms with Gasteiger partial charge in [0, 0.05) is 72.8 Å². The summed E-state index contributed by atoms with van der Waals surface area (Å²) >= 11 is 0. The van der Waals surface area contributed by atoms with Crippen LogP contribution in [0.1, 0.15) is 35.9 Å². The number of hydrogen-bond acceptors (Lipinski definition) is 5. The monoisotopic (exact) mass is 510 g/mol. The molecular weight excluding hydrogens is 478 g/mol. The maximum absolute atomic E-state index is 14.0. The molecule has 1 aliphatic heterocycles. The van der Waals surface area contributed by atoms with Crippen molar-refractivity contribution in [1.29, 1.82) is 0 Å². The number of halogens is 2. The van der Waals surface area contributed by atoms with Crippen LogP contribution in [0.25, 0.3) is 11.3 Å². The van der Waals surface area contributed by atoms with Crippen molar-refractivity contribution in [1.82, 2.24) is 30.3 Å². The molecule has 0 bridgehead atoms. The minimum Gasteiger partial charge on any atom is -0.338 e. The number of nitrogens with zero attached hydrogens (tertiary/aromatic N) is 4. The molecule has 0 saturated heterocycles. The predicted molar refractivity (Wildman–Crippen MR) is 136 cm³/mol. The van der Waals surface area contributed by atoms with Gasteiger partial charge in [-0.15, -0.1) is 0 Å². The summed E-state index contributed by atoms with van der Waals surface area (Å²) in [5.41, 5.74) is 4.67. The largest absolute Gasteiger partial charge is 0.338 e. The van der Waals surface area contributed by atoms with E-state index in [2.05, 4.69) is 20.5 Å². The molecule has 2 amide bonds. The summed E-state index contributed by atoms with van der Waals surface area (Å²) in [6.07, 6.45) is 2.85.